The summed E-state index contributed by atoms with van der Waals surface area (Å²) in [5.41, 5.74) is -0.327. The van der Waals surface area contributed by atoms with Gasteiger partial charge in [0.15, 0.2) is 0 Å². The smallest absolute Gasteiger partial charge is 0.416 e. The van der Waals surface area contributed by atoms with Gasteiger partial charge in [0, 0.05) is 6.54 Å². The molecule has 11 nitrogen and oxygen atoms in total. The van der Waals surface area contributed by atoms with Gasteiger partial charge in [-0.3, -0.25) is 14.4 Å². The first-order valence-corrected chi connectivity index (χ1v) is 12.9. The van der Waals surface area contributed by atoms with Gasteiger partial charge >= 0.3 is 12.3 Å². The molecule has 2 aromatic rings. The number of rotatable bonds is 10. The summed E-state index contributed by atoms with van der Waals surface area (Å²) in [4.78, 5) is 56.9. The summed E-state index contributed by atoms with van der Waals surface area (Å²) in [6.45, 7) is 9.04. The van der Waals surface area contributed by atoms with Crippen LogP contribution in [0.1, 0.15) is 61.2 Å². The first-order valence-electron chi connectivity index (χ1n) is 12.9. The summed E-state index contributed by atoms with van der Waals surface area (Å²) in [5, 5.41) is 8.75. The van der Waals surface area contributed by atoms with E-state index in [0.717, 1.165) is 12.1 Å². The molecular weight excluding hydrogens is 547 g/mol. The lowest BCUT2D eigenvalue weighted by Gasteiger charge is -2.31. The van der Waals surface area contributed by atoms with Crippen LogP contribution in [0.4, 0.5) is 18.0 Å². The number of hydrogen-bond donors (Lipinski definition) is 2. The molecule has 3 amide bonds. The minimum Gasteiger partial charge on any atom is -0.453 e. The van der Waals surface area contributed by atoms with Gasteiger partial charge in [-0.15, -0.1) is 0 Å². The van der Waals surface area contributed by atoms with E-state index in [0.29, 0.717) is 12.8 Å². The van der Waals surface area contributed by atoms with E-state index in [4.69, 9.17) is 4.52 Å². The number of benzene rings is 1. The summed E-state index contributed by atoms with van der Waals surface area (Å²) in [7, 11) is 1.18. The number of aromatic nitrogens is 2. The standard InChI is InChI=1S/C27H32F3N5O6/c1-14(2)20(22(36)23-31-19(41-34-23)13-16-8-6-9-17(12-16)27(28,29)30)32-24(37)18-10-7-11-35(18)25(38)21(15(3)4)33-26(39)40-5/h6,8-9,12,15,18,20-21H,1,7,10-11,13H2,2-5H3,(H,32,37)(H,33,39)/t18-,20-,21-/m0/s1. The first kappa shape index (κ1) is 31.3. The molecule has 0 bridgehead atoms. The third-order valence-corrected chi connectivity index (χ3v) is 6.57. The molecule has 14 heteroatoms. The molecule has 1 saturated heterocycles. The number of carbonyl (C=O) groups excluding carboxylic acids is 4. The lowest BCUT2D eigenvalue weighted by molar-refractivity contribution is -0.140. The summed E-state index contributed by atoms with van der Waals surface area (Å²) >= 11 is 0. The number of halogens is 3. The molecule has 0 aliphatic carbocycles. The van der Waals surface area contributed by atoms with Gasteiger partial charge in [0.05, 0.1) is 19.1 Å². The molecule has 0 saturated carbocycles. The van der Waals surface area contributed by atoms with Gasteiger partial charge in [-0.1, -0.05) is 49.4 Å². The summed E-state index contributed by atoms with van der Waals surface area (Å²) in [6.07, 6.45) is -4.59. The Kier molecular flexibility index (Phi) is 9.89. The fraction of sp³-hybridized carbons (Fsp3) is 0.481. The molecule has 3 atom stereocenters. The minimum absolute atomic E-state index is 0.0927. The van der Waals surface area contributed by atoms with Crippen LogP contribution in [0, 0.1) is 5.92 Å². The predicted octanol–water partition coefficient (Wildman–Crippen LogP) is 3.29. The van der Waals surface area contributed by atoms with Crippen molar-refractivity contribution >= 4 is 23.7 Å². The van der Waals surface area contributed by atoms with Crippen LogP contribution < -0.4 is 10.6 Å². The molecule has 1 aromatic carbocycles. The molecule has 1 aliphatic rings. The zero-order valence-corrected chi connectivity index (χ0v) is 23.1. The maximum atomic E-state index is 13.3. The maximum Gasteiger partial charge on any atom is 0.416 e. The summed E-state index contributed by atoms with van der Waals surface area (Å²) in [5.74, 6) is -2.58. The molecule has 1 aliphatic heterocycles. The predicted molar refractivity (Wildman–Crippen MR) is 139 cm³/mol. The van der Waals surface area contributed by atoms with Crippen molar-refractivity contribution in [2.45, 2.75) is 64.3 Å². The number of nitrogens with one attached hydrogen (secondary N) is 2. The largest absolute Gasteiger partial charge is 0.453 e. The van der Waals surface area contributed by atoms with Gasteiger partial charge in [-0.25, -0.2) is 4.79 Å². The third kappa shape index (κ3) is 7.70. The Labute approximate surface area is 234 Å². The Morgan fingerprint density at radius 2 is 1.93 bits per heavy atom. The minimum atomic E-state index is -4.52. The summed E-state index contributed by atoms with van der Waals surface area (Å²) < 4.78 is 48.8. The Morgan fingerprint density at radius 1 is 1.22 bits per heavy atom. The van der Waals surface area contributed by atoms with Crippen LogP contribution in [-0.4, -0.2) is 70.5 Å². The number of amides is 3. The van der Waals surface area contributed by atoms with Crippen LogP contribution in [-0.2, 0) is 26.9 Å². The van der Waals surface area contributed by atoms with Gasteiger partial charge in [-0.2, -0.15) is 18.2 Å². The van der Waals surface area contributed by atoms with Crippen molar-refractivity contribution in [2.75, 3.05) is 13.7 Å². The van der Waals surface area contributed by atoms with E-state index in [1.807, 2.05) is 0 Å². The average Bonchev–Trinajstić information content (AvgIpc) is 3.59. The highest BCUT2D eigenvalue weighted by Crippen LogP contribution is 2.30. The van der Waals surface area contributed by atoms with Crippen LogP contribution in [0.2, 0.25) is 0 Å². The van der Waals surface area contributed by atoms with Crippen molar-refractivity contribution in [3.63, 3.8) is 0 Å². The lowest BCUT2D eigenvalue weighted by atomic mass is 10.0. The second-order valence-electron chi connectivity index (χ2n) is 10.1. The van der Waals surface area contributed by atoms with E-state index in [1.165, 1.54) is 31.1 Å². The number of ketones is 1. The van der Waals surface area contributed by atoms with Crippen LogP contribution in [0.3, 0.4) is 0 Å². The van der Waals surface area contributed by atoms with Crippen LogP contribution >= 0.6 is 0 Å². The highest BCUT2D eigenvalue weighted by atomic mass is 19.4. The second kappa shape index (κ2) is 13.0. The molecule has 0 spiro atoms. The highest BCUT2D eigenvalue weighted by Gasteiger charge is 2.40. The maximum absolute atomic E-state index is 13.3. The van der Waals surface area contributed by atoms with E-state index in [-0.39, 0.29) is 41.7 Å². The van der Waals surface area contributed by atoms with Gasteiger partial charge in [0.2, 0.25) is 29.3 Å². The average molecular weight is 580 g/mol. The number of hydrogen-bond acceptors (Lipinski definition) is 8. The molecule has 0 radical (unpaired) electrons. The molecule has 222 valence electrons. The molecule has 3 rings (SSSR count). The Bertz CT molecular complexity index is 1310. The Hall–Kier alpha value is -4.23. The molecule has 1 aromatic heterocycles. The van der Waals surface area contributed by atoms with Crippen molar-refractivity contribution in [3.8, 4) is 0 Å². The van der Waals surface area contributed by atoms with Gasteiger partial charge in [-0.05, 0) is 37.3 Å². The first-order chi connectivity index (χ1) is 19.2. The summed E-state index contributed by atoms with van der Waals surface area (Å²) in [6, 6.07) is 1.50. The topological polar surface area (TPSA) is 144 Å². The highest BCUT2D eigenvalue weighted by molar-refractivity contribution is 6.02. The van der Waals surface area contributed by atoms with E-state index in [9.17, 15) is 32.3 Å². The fourth-order valence-electron chi connectivity index (χ4n) is 4.42. The number of Topliss-reactive ketones (excluding diaryl/α,β-unsaturated/α-hetero) is 1. The quantitative estimate of drug-likeness (QED) is 0.322. The number of carbonyl (C=O) groups is 4. The number of alkyl halides is 3. The Morgan fingerprint density at radius 3 is 2.54 bits per heavy atom. The molecule has 2 N–H and O–H groups in total. The van der Waals surface area contributed by atoms with Crippen molar-refractivity contribution in [1.82, 2.24) is 25.7 Å². The Balaban J connectivity index is 1.72. The number of nitrogens with zero attached hydrogens (tertiary/aromatic N) is 3. The molecular formula is C27H32F3N5O6. The van der Waals surface area contributed by atoms with E-state index < -0.39 is 53.6 Å². The van der Waals surface area contributed by atoms with E-state index in [1.54, 1.807) is 13.8 Å². The number of ether oxygens (including phenoxy) is 1. The fourth-order valence-corrected chi connectivity index (χ4v) is 4.42. The molecule has 0 unspecified atom stereocenters. The van der Waals surface area contributed by atoms with E-state index in [2.05, 4.69) is 32.1 Å². The zero-order chi connectivity index (χ0) is 30.5. The monoisotopic (exact) mass is 579 g/mol. The zero-order valence-electron chi connectivity index (χ0n) is 23.1. The van der Waals surface area contributed by atoms with Gasteiger partial charge in [0.25, 0.3) is 0 Å². The van der Waals surface area contributed by atoms with Crippen molar-refractivity contribution in [2.24, 2.45) is 5.92 Å². The normalized spacial score (nSPS) is 16.7. The van der Waals surface area contributed by atoms with E-state index >= 15 is 0 Å². The second-order valence-corrected chi connectivity index (χ2v) is 10.1. The molecule has 2 heterocycles. The van der Waals surface area contributed by atoms with Crippen LogP contribution in [0.15, 0.2) is 40.9 Å². The lowest BCUT2D eigenvalue weighted by Crippen LogP contribution is -2.56. The van der Waals surface area contributed by atoms with Crippen LogP contribution in [0.25, 0.3) is 0 Å². The molecule has 1 fully saturated rings. The number of alkyl carbamates (subject to hydrolysis) is 1. The van der Waals surface area contributed by atoms with Gasteiger partial charge < -0.3 is 24.8 Å². The van der Waals surface area contributed by atoms with Crippen molar-refractivity contribution in [1.29, 1.82) is 0 Å². The third-order valence-electron chi connectivity index (χ3n) is 6.57. The SMILES string of the molecule is C=C(C)[C@H](NC(=O)[C@@H]1CCCN1C(=O)[C@@H](NC(=O)OC)C(C)C)C(=O)c1noc(Cc2cccc(C(F)(F)F)c2)n1. The van der Waals surface area contributed by atoms with Crippen molar-refractivity contribution < 1.29 is 41.6 Å². The number of likely N-dealkylation sites (tertiary alicyclic amines) is 1. The molecule has 41 heavy (non-hydrogen) atoms. The van der Waals surface area contributed by atoms with Crippen molar-refractivity contribution in [3.05, 3.63) is 59.3 Å². The van der Waals surface area contributed by atoms with Crippen LogP contribution in [0.5, 0.6) is 0 Å². The van der Waals surface area contributed by atoms with Gasteiger partial charge in [0.1, 0.15) is 18.1 Å². The number of methoxy groups -OCH3 is 1.